The fraction of sp³-hybridized carbons (Fsp3) is 0.500. The summed E-state index contributed by atoms with van der Waals surface area (Å²) in [7, 11) is 0. The molecule has 0 amide bonds. The van der Waals surface area contributed by atoms with Crippen molar-refractivity contribution >= 4 is 5.69 Å². The lowest BCUT2D eigenvalue weighted by Crippen LogP contribution is -2.31. The Morgan fingerprint density at radius 2 is 2.37 bits per heavy atom. The van der Waals surface area contributed by atoms with Crippen molar-refractivity contribution in [3.8, 4) is 6.07 Å². The van der Waals surface area contributed by atoms with Crippen LogP contribution in [-0.2, 0) is 11.3 Å². The summed E-state index contributed by atoms with van der Waals surface area (Å²) in [6, 6.07) is 2.69. The molecule has 19 heavy (non-hydrogen) atoms. The maximum absolute atomic E-state index is 11.9. The molecule has 0 spiro atoms. The van der Waals surface area contributed by atoms with Gasteiger partial charge < -0.3 is 9.30 Å². The van der Waals surface area contributed by atoms with Crippen LogP contribution in [0.15, 0.2) is 17.1 Å². The van der Waals surface area contributed by atoms with Crippen LogP contribution in [0.3, 0.4) is 0 Å². The zero-order chi connectivity index (χ0) is 13.8. The Hall–Kier alpha value is -2.20. The molecule has 2 rings (SSSR count). The number of hydrogen-bond donors (Lipinski definition) is 0. The van der Waals surface area contributed by atoms with Crippen LogP contribution in [0, 0.1) is 21.4 Å². The number of aromatic nitrogens is 1. The molecule has 1 aliphatic rings. The van der Waals surface area contributed by atoms with Crippen molar-refractivity contribution in [3.05, 3.63) is 38.3 Å². The first kappa shape index (κ1) is 13.2. The molecule has 1 aliphatic heterocycles. The average Bonchev–Trinajstić information content (AvgIpc) is 2.42. The number of nitrogens with zero attached hydrogens (tertiary/aromatic N) is 3. The molecule has 1 aromatic rings. The summed E-state index contributed by atoms with van der Waals surface area (Å²) in [5.74, 6) is 0. The predicted octanol–water partition coefficient (Wildman–Crippen LogP) is 1.20. The molecule has 0 bridgehead atoms. The second-order valence-corrected chi connectivity index (χ2v) is 4.43. The summed E-state index contributed by atoms with van der Waals surface area (Å²) in [5.41, 5.74) is -0.987. The van der Waals surface area contributed by atoms with Gasteiger partial charge in [0.05, 0.1) is 23.8 Å². The molecule has 100 valence electrons. The van der Waals surface area contributed by atoms with Gasteiger partial charge in [0.1, 0.15) is 11.6 Å². The smallest absolute Gasteiger partial charge is 0.287 e. The van der Waals surface area contributed by atoms with Crippen LogP contribution in [0.2, 0.25) is 0 Å². The van der Waals surface area contributed by atoms with Gasteiger partial charge in [-0.25, -0.2) is 0 Å². The third-order valence-corrected chi connectivity index (χ3v) is 3.08. The van der Waals surface area contributed by atoms with E-state index in [1.54, 1.807) is 6.07 Å². The minimum absolute atomic E-state index is 0.125. The maximum atomic E-state index is 11.9. The summed E-state index contributed by atoms with van der Waals surface area (Å²) in [6.07, 6.45) is 3.86. The first-order valence-electron chi connectivity index (χ1n) is 6.02. The first-order chi connectivity index (χ1) is 9.11. The molecule has 1 fully saturated rings. The van der Waals surface area contributed by atoms with E-state index in [2.05, 4.69) is 0 Å². The van der Waals surface area contributed by atoms with Gasteiger partial charge in [-0.15, -0.1) is 0 Å². The average molecular weight is 263 g/mol. The lowest BCUT2D eigenvalue weighted by molar-refractivity contribution is -0.385. The molecule has 7 heteroatoms. The van der Waals surface area contributed by atoms with E-state index in [0.29, 0.717) is 6.61 Å². The molecule has 0 aliphatic carbocycles. The second kappa shape index (κ2) is 5.63. The lowest BCUT2D eigenvalue weighted by atomic mass is 10.1. The van der Waals surface area contributed by atoms with Crippen LogP contribution in [-0.4, -0.2) is 22.2 Å². The molecule has 0 unspecified atom stereocenters. The van der Waals surface area contributed by atoms with Gasteiger partial charge >= 0.3 is 0 Å². The molecule has 1 aromatic heterocycles. The highest BCUT2D eigenvalue weighted by Gasteiger charge is 2.18. The molecule has 0 N–H and O–H groups in total. The molecule has 1 atom stereocenters. The zero-order valence-corrected chi connectivity index (χ0v) is 10.2. The standard InChI is InChI=1S/C12H13N3O4/c13-6-9-5-10(15(17)18)7-14(12(9)16)8-11-3-1-2-4-19-11/h5,7,11H,1-4,8H2/t11-/m1/s1. The normalized spacial score (nSPS) is 18.8. The van der Waals surface area contributed by atoms with Crippen LogP contribution in [0.1, 0.15) is 24.8 Å². The number of nitriles is 1. The molecular formula is C12H13N3O4. The fourth-order valence-electron chi connectivity index (χ4n) is 2.11. The number of pyridine rings is 1. The van der Waals surface area contributed by atoms with Gasteiger partial charge in [-0.2, -0.15) is 5.26 Å². The van der Waals surface area contributed by atoms with Crippen molar-refractivity contribution in [1.82, 2.24) is 4.57 Å². The van der Waals surface area contributed by atoms with E-state index in [4.69, 9.17) is 10.00 Å². The summed E-state index contributed by atoms with van der Waals surface area (Å²) >= 11 is 0. The summed E-state index contributed by atoms with van der Waals surface area (Å²) in [4.78, 5) is 22.1. The van der Waals surface area contributed by atoms with Gasteiger partial charge in [0.15, 0.2) is 0 Å². The molecule has 1 saturated heterocycles. The van der Waals surface area contributed by atoms with E-state index in [9.17, 15) is 14.9 Å². The highest BCUT2D eigenvalue weighted by atomic mass is 16.6. The molecule has 0 aromatic carbocycles. The van der Waals surface area contributed by atoms with Gasteiger partial charge in [0.2, 0.25) is 0 Å². The van der Waals surface area contributed by atoms with Gasteiger partial charge in [0, 0.05) is 12.7 Å². The van der Waals surface area contributed by atoms with E-state index < -0.39 is 10.5 Å². The second-order valence-electron chi connectivity index (χ2n) is 4.43. The third kappa shape index (κ3) is 2.98. The van der Waals surface area contributed by atoms with E-state index in [0.717, 1.165) is 25.3 Å². The van der Waals surface area contributed by atoms with E-state index >= 15 is 0 Å². The Morgan fingerprint density at radius 1 is 1.58 bits per heavy atom. The summed E-state index contributed by atoms with van der Waals surface area (Å²) in [5, 5.41) is 19.6. The minimum atomic E-state index is -0.613. The number of nitro groups is 1. The van der Waals surface area contributed by atoms with Gasteiger partial charge in [0.25, 0.3) is 11.2 Å². The van der Waals surface area contributed by atoms with Crippen molar-refractivity contribution in [1.29, 1.82) is 5.26 Å². The van der Waals surface area contributed by atoms with Crippen LogP contribution in [0.25, 0.3) is 0 Å². The van der Waals surface area contributed by atoms with E-state index in [1.807, 2.05) is 0 Å². The van der Waals surface area contributed by atoms with Crippen LogP contribution < -0.4 is 5.56 Å². The maximum Gasteiger partial charge on any atom is 0.287 e. The fourth-order valence-corrected chi connectivity index (χ4v) is 2.11. The minimum Gasteiger partial charge on any atom is -0.376 e. The Kier molecular flexibility index (Phi) is 3.92. The van der Waals surface area contributed by atoms with Gasteiger partial charge in [-0.05, 0) is 19.3 Å². The van der Waals surface area contributed by atoms with Crippen molar-refractivity contribution in [2.24, 2.45) is 0 Å². The quantitative estimate of drug-likeness (QED) is 0.602. The molecule has 0 radical (unpaired) electrons. The number of hydrogen-bond acceptors (Lipinski definition) is 5. The molecule has 0 saturated carbocycles. The highest BCUT2D eigenvalue weighted by Crippen LogP contribution is 2.15. The van der Waals surface area contributed by atoms with Crippen LogP contribution in [0.5, 0.6) is 0 Å². The largest absolute Gasteiger partial charge is 0.376 e. The van der Waals surface area contributed by atoms with Crippen molar-refractivity contribution in [3.63, 3.8) is 0 Å². The van der Waals surface area contributed by atoms with Crippen LogP contribution in [0.4, 0.5) is 5.69 Å². The Labute approximate surface area is 109 Å². The molecular weight excluding hydrogens is 250 g/mol. The molecule has 2 heterocycles. The van der Waals surface area contributed by atoms with Crippen molar-refractivity contribution < 1.29 is 9.66 Å². The van der Waals surface area contributed by atoms with Crippen LogP contribution >= 0.6 is 0 Å². The summed E-state index contributed by atoms with van der Waals surface area (Å²) in [6.45, 7) is 0.884. The van der Waals surface area contributed by atoms with Gasteiger partial charge in [-0.3, -0.25) is 14.9 Å². The Balaban J connectivity index is 2.33. The predicted molar refractivity (Wildman–Crippen MR) is 65.7 cm³/mol. The third-order valence-electron chi connectivity index (χ3n) is 3.08. The van der Waals surface area contributed by atoms with Crippen molar-refractivity contribution in [2.75, 3.05) is 6.61 Å². The van der Waals surface area contributed by atoms with Gasteiger partial charge in [-0.1, -0.05) is 0 Å². The highest BCUT2D eigenvalue weighted by molar-refractivity contribution is 5.37. The number of ether oxygens (including phenoxy) is 1. The van der Waals surface area contributed by atoms with E-state index in [1.165, 1.54) is 10.8 Å². The van der Waals surface area contributed by atoms with Crippen molar-refractivity contribution in [2.45, 2.75) is 31.9 Å². The topological polar surface area (TPSA) is 98.2 Å². The zero-order valence-electron chi connectivity index (χ0n) is 10.2. The molecule has 7 nitrogen and oxygen atoms in total. The van der Waals surface area contributed by atoms with E-state index in [-0.39, 0.29) is 23.9 Å². The first-order valence-corrected chi connectivity index (χ1v) is 6.02. The number of rotatable bonds is 3. The Morgan fingerprint density at radius 3 is 2.95 bits per heavy atom. The Bertz CT molecular complexity index is 582. The SMILES string of the molecule is N#Cc1cc([N+](=O)[O-])cn(C[C@H]2CCCCO2)c1=O. The monoisotopic (exact) mass is 263 g/mol. The summed E-state index contributed by atoms with van der Waals surface area (Å²) < 4.78 is 6.70. The lowest BCUT2D eigenvalue weighted by Gasteiger charge is -2.23.